The van der Waals surface area contributed by atoms with Crippen LogP contribution >= 0.6 is 0 Å². The number of anilines is 3. The quantitative estimate of drug-likeness (QED) is 0.697. The summed E-state index contributed by atoms with van der Waals surface area (Å²) in [6, 6.07) is 17.4. The van der Waals surface area contributed by atoms with Gasteiger partial charge >= 0.3 is 0 Å². The van der Waals surface area contributed by atoms with Crippen LogP contribution in [0.25, 0.3) is 0 Å². The molecule has 0 aliphatic rings. The third kappa shape index (κ3) is 5.59. The van der Waals surface area contributed by atoms with E-state index in [1.807, 2.05) is 73.5 Å². The highest BCUT2D eigenvalue weighted by Crippen LogP contribution is 2.18. The van der Waals surface area contributed by atoms with E-state index in [4.69, 9.17) is 5.11 Å². The number of nitrogens with zero attached hydrogens (tertiary/aromatic N) is 1. The molecule has 0 aromatic heterocycles. The van der Waals surface area contributed by atoms with E-state index >= 15 is 0 Å². The first-order chi connectivity index (χ1) is 11.6. The van der Waals surface area contributed by atoms with Gasteiger partial charge in [0.2, 0.25) is 5.91 Å². The molecule has 0 radical (unpaired) electrons. The molecule has 0 aliphatic carbocycles. The normalized spacial score (nSPS) is 11.6. The first kappa shape index (κ1) is 17.8. The van der Waals surface area contributed by atoms with Crippen LogP contribution in [0.4, 0.5) is 17.1 Å². The lowest BCUT2D eigenvalue weighted by Gasteiger charge is -2.19. The Hall–Kier alpha value is -2.53. The van der Waals surface area contributed by atoms with E-state index in [9.17, 15) is 4.79 Å². The molecule has 2 rings (SSSR count). The highest BCUT2D eigenvalue weighted by atomic mass is 16.3. The van der Waals surface area contributed by atoms with Crippen LogP contribution in [0.1, 0.15) is 13.3 Å². The molecule has 0 spiro atoms. The molecule has 0 heterocycles. The molecule has 24 heavy (non-hydrogen) atoms. The van der Waals surface area contributed by atoms with E-state index < -0.39 is 0 Å². The molecule has 2 aromatic rings. The molecule has 1 atom stereocenters. The molecule has 0 bridgehead atoms. The minimum absolute atomic E-state index is 0.0134. The Bertz CT molecular complexity index is 629. The second-order valence-electron chi connectivity index (χ2n) is 5.86. The lowest BCUT2D eigenvalue weighted by Crippen LogP contribution is -2.24. The number of aliphatic hydroxyl groups is 1. The van der Waals surface area contributed by atoms with Gasteiger partial charge in [0.05, 0.1) is 6.61 Å². The van der Waals surface area contributed by atoms with E-state index in [0.717, 1.165) is 17.1 Å². The lowest BCUT2D eigenvalue weighted by molar-refractivity contribution is -0.116. The van der Waals surface area contributed by atoms with Crippen molar-refractivity contribution in [1.82, 2.24) is 0 Å². The Kier molecular flexibility index (Phi) is 6.63. The van der Waals surface area contributed by atoms with Crippen molar-refractivity contribution < 1.29 is 9.90 Å². The Labute approximate surface area is 143 Å². The van der Waals surface area contributed by atoms with Gasteiger partial charge in [-0.15, -0.1) is 0 Å². The Morgan fingerprint density at radius 3 is 2.38 bits per heavy atom. The van der Waals surface area contributed by atoms with Gasteiger partial charge in [-0.2, -0.15) is 0 Å². The van der Waals surface area contributed by atoms with Crippen LogP contribution in [0.2, 0.25) is 0 Å². The number of hydrogen-bond donors (Lipinski definition) is 3. The number of benzene rings is 2. The van der Waals surface area contributed by atoms with E-state index in [1.54, 1.807) is 0 Å². The number of carbonyl (C=O) groups is 1. The molecule has 128 valence electrons. The summed E-state index contributed by atoms with van der Waals surface area (Å²) in [5.74, 6) is -0.0134. The summed E-state index contributed by atoms with van der Waals surface area (Å²) in [6.45, 7) is 2.71. The van der Waals surface area contributed by atoms with Crippen LogP contribution < -0.4 is 15.5 Å². The zero-order valence-corrected chi connectivity index (χ0v) is 14.2. The minimum atomic E-state index is -0.0134. The molecule has 0 fully saturated rings. The maximum Gasteiger partial charge on any atom is 0.226 e. The zero-order chi connectivity index (χ0) is 17.4. The highest BCUT2D eigenvalue weighted by Gasteiger charge is 2.09. The summed E-state index contributed by atoms with van der Waals surface area (Å²) < 4.78 is 0. The van der Waals surface area contributed by atoms with Crippen LogP contribution in [-0.2, 0) is 4.79 Å². The average Bonchev–Trinajstić information content (AvgIpc) is 2.56. The van der Waals surface area contributed by atoms with Crippen LogP contribution in [0, 0.1) is 0 Å². The number of rotatable bonds is 8. The number of aliphatic hydroxyl groups excluding tert-OH is 1. The second-order valence-corrected chi connectivity index (χ2v) is 5.86. The molecule has 0 aliphatic heterocycles. The maximum absolute atomic E-state index is 12.0. The van der Waals surface area contributed by atoms with Crippen LogP contribution in [0.5, 0.6) is 0 Å². The van der Waals surface area contributed by atoms with Gasteiger partial charge in [0.1, 0.15) is 0 Å². The van der Waals surface area contributed by atoms with Crippen LogP contribution in [-0.4, -0.2) is 37.3 Å². The first-order valence-electron chi connectivity index (χ1n) is 8.12. The van der Waals surface area contributed by atoms with Crippen molar-refractivity contribution >= 4 is 23.0 Å². The van der Waals surface area contributed by atoms with Gasteiger partial charge in [-0.25, -0.2) is 0 Å². The highest BCUT2D eigenvalue weighted by molar-refractivity contribution is 5.91. The van der Waals surface area contributed by atoms with Crippen molar-refractivity contribution in [2.24, 2.45) is 0 Å². The minimum Gasteiger partial charge on any atom is -0.395 e. The summed E-state index contributed by atoms with van der Waals surface area (Å²) in [5, 5.41) is 15.2. The van der Waals surface area contributed by atoms with Crippen molar-refractivity contribution in [3.63, 3.8) is 0 Å². The number of likely N-dealkylation sites (N-methyl/N-ethyl adjacent to an activating group) is 1. The number of amides is 1. The summed E-state index contributed by atoms with van der Waals surface area (Å²) in [7, 11) is 1.94. The molecule has 0 saturated heterocycles. The van der Waals surface area contributed by atoms with Crippen molar-refractivity contribution in [3.8, 4) is 0 Å². The number of nitrogens with one attached hydrogen (secondary N) is 2. The predicted octanol–water partition coefficient (Wildman–Crippen LogP) is 2.94. The number of para-hydroxylation sites is 1. The topological polar surface area (TPSA) is 64.6 Å². The second kappa shape index (κ2) is 8.93. The molecular weight excluding hydrogens is 302 g/mol. The summed E-state index contributed by atoms with van der Waals surface area (Å²) in [4.78, 5) is 14.0. The van der Waals surface area contributed by atoms with E-state index in [0.29, 0.717) is 13.0 Å². The molecule has 0 saturated carbocycles. The van der Waals surface area contributed by atoms with Crippen LogP contribution in [0.15, 0.2) is 54.6 Å². The summed E-state index contributed by atoms with van der Waals surface area (Å²) in [5.41, 5.74) is 2.83. The van der Waals surface area contributed by atoms with Gasteiger partial charge < -0.3 is 20.6 Å². The first-order valence-corrected chi connectivity index (χ1v) is 8.12. The fraction of sp³-hybridized carbons (Fsp3) is 0.316. The fourth-order valence-electron chi connectivity index (χ4n) is 2.44. The monoisotopic (exact) mass is 327 g/mol. The summed E-state index contributed by atoms with van der Waals surface area (Å²) >= 11 is 0. The molecule has 1 amide bonds. The Morgan fingerprint density at radius 1 is 1.08 bits per heavy atom. The van der Waals surface area contributed by atoms with Crippen molar-refractivity contribution in [2.45, 2.75) is 19.4 Å². The Morgan fingerprint density at radius 2 is 1.75 bits per heavy atom. The van der Waals surface area contributed by atoms with Gasteiger partial charge in [0.25, 0.3) is 0 Å². The van der Waals surface area contributed by atoms with Crippen molar-refractivity contribution in [2.75, 3.05) is 35.7 Å². The molecule has 1 unspecified atom stereocenters. The Balaban J connectivity index is 1.83. The van der Waals surface area contributed by atoms with Crippen LogP contribution in [0.3, 0.4) is 0 Å². The molecule has 2 aromatic carbocycles. The molecule has 5 heteroatoms. The van der Waals surface area contributed by atoms with E-state index in [-0.39, 0.29) is 18.6 Å². The standard InChI is InChI=1S/C19H25N3O2/c1-15(14-19(24)21-16-6-4-3-5-7-16)20-17-8-10-18(11-9-17)22(2)12-13-23/h3-11,15,20,23H,12-14H2,1-2H3,(H,21,24). The molecular formula is C19H25N3O2. The lowest BCUT2D eigenvalue weighted by atomic mass is 10.2. The van der Waals surface area contributed by atoms with Crippen molar-refractivity contribution in [3.05, 3.63) is 54.6 Å². The maximum atomic E-state index is 12.0. The molecule has 3 N–H and O–H groups in total. The van der Waals surface area contributed by atoms with Gasteiger partial charge in [0.15, 0.2) is 0 Å². The SMILES string of the molecule is CC(CC(=O)Nc1ccccc1)Nc1ccc(N(C)CCO)cc1. The third-order valence-corrected chi connectivity index (χ3v) is 3.71. The van der Waals surface area contributed by atoms with E-state index in [1.165, 1.54) is 0 Å². The zero-order valence-electron chi connectivity index (χ0n) is 14.2. The molecule has 5 nitrogen and oxygen atoms in total. The van der Waals surface area contributed by atoms with Crippen molar-refractivity contribution in [1.29, 1.82) is 0 Å². The smallest absolute Gasteiger partial charge is 0.226 e. The number of hydrogen-bond acceptors (Lipinski definition) is 4. The number of carbonyl (C=O) groups excluding carboxylic acids is 1. The van der Waals surface area contributed by atoms with Gasteiger partial charge in [-0.1, -0.05) is 18.2 Å². The average molecular weight is 327 g/mol. The fourth-order valence-corrected chi connectivity index (χ4v) is 2.44. The predicted molar refractivity (Wildman–Crippen MR) is 99.6 cm³/mol. The van der Waals surface area contributed by atoms with Gasteiger partial charge in [0, 0.05) is 43.1 Å². The van der Waals surface area contributed by atoms with Gasteiger partial charge in [-0.3, -0.25) is 4.79 Å². The third-order valence-electron chi connectivity index (χ3n) is 3.71. The van der Waals surface area contributed by atoms with E-state index in [2.05, 4.69) is 10.6 Å². The van der Waals surface area contributed by atoms with Gasteiger partial charge in [-0.05, 0) is 43.3 Å². The summed E-state index contributed by atoms with van der Waals surface area (Å²) in [6.07, 6.45) is 0.390. The largest absolute Gasteiger partial charge is 0.395 e.